The van der Waals surface area contributed by atoms with E-state index in [0.29, 0.717) is 19.4 Å². The molecular weight excluding hydrogens is 362 g/mol. The number of carbonyl (C=O) groups is 3. The predicted octanol–water partition coefficient (Wildman–Crippen LogP) is 2.65. The van der Waals surface area contributed by atoms with E-state index in [2.05, 4.69) is 18.1 Å². The zero-order valence-corrected chi connectivity index (χ0v) is 17.0. The van der Waals surface area contributed by atoms with Crippen molar-refractivity contribution >= 4 is 17.9 Å². The molecule has 0 radical (unpaired) electrons. The van der Waals surface area contributed by atoms with E-state index in [4.69, 9.17) is 14.2 Å². The molecule has 1 rings (SSSR count). The minimum atomic E-state index is -0.810. The van der Waals surface area contributed by atoms with Crippen molar-refractivity contribution in [1.29, 1.82) is 0 Å². The summed E-state index contributed by atoms with van der Waals surface area (Å²) in [5.41, 5.74) is -0.810. The second-order valence-electron chi connectivity index (χ2n) is 7.14. The van der Waals surface area contributed by atoms with Crippen molar-refractivity contribution in [3.05, 3.63) is 25.3 Å². The Hall–Kier alpha value is -2.15. The Balaban J connectivity index is 2.57. The summed E-state index contributed by atoms with van der Waals surface area (Å²) in [6, 6.07) is 0. The number of carbonyl (C=O) groups excluding carboxylic acids is 3. The average Bonchev–Trinajstić information content (AvgIpc) is 3.00. The number of likely N-dealkylation sites (tertiary alicyclic amines) is 1. The van der Waals surface area contributed by atoms with Crippen molar-refractivity contribution in [2.75, 3.05) is 39.5 Å². The first-order chi connectivity index (χ1) is 13.4. The van der Waals surface area contributed by atoms with E-state index in [-0.39, 0.29) is 25.8 Å². The maximum atomic E-state index is 12.2. The number of rotatable bonds is 12. The summed E-state index contributed by atoms with van der Waals surface area (Å²) in [4.78, 5) is 37.4. The molecule has 1 aliphatic heterocycles. The molecular formula is C21H33NO6. The van der Waals surface area contributed by atoms with Crippen LogP contribution in [0.1, 0.15) is 45.4 Å². The van der Waals surface area contributed by atoms with Gasteiger partial charge in [-0.25, -0.2) is 9.59 Å². The Bertz CT molecular complexity index is 513. The van der Waals surface area contributed by atoms with Crippen LogP contribution in [0.5, 0.6) is 0 Å². The smallest absolute Gasteiger partial charge is 0.330 e. The molecule has 0 aliphatic carbocycles. The van der Waals surface area contributed by atoms with Gasteiger partial charge in [0.2, 0.25) is 0 Å². The minimum absolute atomic E-state index is 0.00280. The first-order valence-electron chi connectivity index (χ1n) is 9.91. The number of ether oxygens (including phenoxy) is 3. The highest BCUT2D eigenvalue weighted by Crippen LogP contribution is 2.25. The summed E-state index contributed by atoms with van der Waals surface area (Å²) >= 11 is 0. The lowest BCUT2D eigenvalue weighted by molar-refractivity contribution is -0.158. The van der Waals surface area contributed by atoms with Crippen molar-refractivity contribution < 1.29 is 28.6 Å². The van der Waals surface area contributed by atoms with Gasteiger partial charge in [0.25, 0.3) is 0 Å². The van der Waals surface area contributed by atoms with Crippen molar-refractivity contribution in [2.24, 2.45) is 5.41 Å². The lowest BCUT2D eigenvalue weighted by Gasteiger charge is -2.30. The normalized spacial score (nSPS) is 15.2. The molecule has 1 fully saturated rings. The van der Waals surface area contributed by atoms with Crippen LogP contribution in [0.15, 0.2) is 25.3 Å². The summed E-state index contributed by atoms with van der Waals surface area (Å²) in [6.45, 7) is 11.2. The van der Waals surface area contributed by atoms with Crippen LogP contribution < -0.4 is 0 Å². The van der Waals surface area contributed by atoms with Gasteiger partial charge in [0.1, 0.15) is 19.8 Å². The van der Waals surface area contributed by atoms with Crippen molar-refractivity contribution in [3.8, 4) is 0 Å². The summed E-state index contributed by atoms with van der Waals surface area (Å²) < 4.78 is 15.7. The second-order valence-corrected chi connectivity index (χ2v) is 7.14. The highest BCUT2D eigenvalue weighted by atomic mass is 16.6. The Morgan fingerprint density at radius 3 is 1.86 bits per heavy atom. The molecule has 158 valence electrons. The third kappa shape index (κ3) is 9.17. The van der Waals surface area contributed by atoms with Crippen LogP contribution in [-0.2, 0) is 28.6 Å². The van der Waals surface area contributed by atoms with E-state index in [0.717, 1.165) is 38.1 Å². The third-order valence-electron chi connectivity index (χ3n) is 4.99. The van der Waals surface area contributed by atoms with Crippen molar-refractivity contribution in [2.45, 2.75) is 45.4 Å². The van der Waals surface area contributed by atoms with Gasteiger partial charge in [0.05, 0.1) is 11.8 Å². The monoisotopic (exact) mass is 395 g/mol. The van der Waals surface area contributed by atoms with Gasteiger partial charge in [0.15, 0.2) is 0 Å². The molecule has 28 heavy (non-hydrogen) atoms. The molecule has 0 aromatic heterocycles. The van der Waals surface area contributed by atoms with Crippen LogP contribution in [0, 0.1) is 5.41 Å². The van der Waals surface area contributed by atoms with E-state index in [1.165, 1.54) is 12.8 Å². The Labute approximate surface area is 167 Å². The van der Waals surface area contributed by atoms with E-state index in [1.54, 1.807) is 0 Å². The summed E-state index contributed by atoms with van der Waals surface area (Å²) in [5.74, 6) is -1.48. The van der Waals surface area contributed by atoms with Crippen LogP contribution in [0.3, 0.4) is 0 Å². The maximum Gasteiger partial charge on any atom is 0.330 e. The largest absolute Gasteiger partial charge is 0.465 e. The zero-order chi connectivity index (χ0) is 20.8. The predicted molar refractivity (Wildman–Crippen MR) is 106 cm³/mol. The van der Waals surface area contributed by atoms with Gasteiger partial charge >= 0.3 is 17.9 Å². The van der Waals surface area contributed by atoms with E-state index in [9.17, 15) is 14.4 Å². The molecule has 1 aliphatic rings. The Morgan fingerprint density at radius 1 is 0.893 bits per heavy atom. The molecule has 0 amide bonds. The molecule has 0 N–H and O–H groups in total. The SMILES string of the molecule is C=CC(=O)OCC(CC)(COC(=O)C=C)COC(=O)CCN1CCCCCC1. The third-order valence-corrected chi connectivity index (χ3v) is 4.99. The van der Waals surface area contributed by atoms with Crippen molar-refractivity contribution in [1.82, 2.24) is 4.90 Å². The topological polar surface area (TPSA) is 82.1 Å². The highest BCUT2D eigenvalue weighted by molar-refractivity contribution is 5.81. The van der Waals surface area contributed by atoms with Gasteiger partial charge in [-0.3, -0.25) is 4.79 Å². The van der Waals surface area contributed by atoms with Gasteiger partial charge < -0.3 is 19.1 Å². The molecule has 7 heteroatoms. The molecule has 0 atom stereocenters. The highest BCUT2D eigenvalue weighted by Gasteiger charge is 2.34. The van der Waals surface area contributed by atoms with Crippen LogP contribution in [-0.4, -0.2) is 62.3 Å². The number of hydrogen-bond acceptors (Lipinski definition) is 7. The number of esters is 3. The first kappa shape index (κ1) is 23.9. The molecule has 7 nitrogen and oxygen atoms in total. The Morgan fingerprint density at radius 2 is 1.39 bits per heavy atom. The standard InChI is InChI=1S/C21H33NO6/c1-4-18(23)26-15-21(6-3,16-27-19(24)5-2)17-28-20(25)11-14-22-12-9-7-8-10-13-22/h4-5H,1-2,6-17H2,3H3. The van der Waals surface area contributed by atoms with E-state index < -0.39 is 17.4 Å². The molecule has 0 saturated carbocycles. The van der Waals surface area contributed by atoms with Crippen LogP contribution in [0.2, 0.25) is 0 Å². The van der Waals surface area contributed by atoms with Crippen LogP contribution in [0.25, 0.3) is 0 Å². The number of hydrogen-bond donors (Lipinski definition) is 0. The van der Waals surface area contributed by atoms with E-state index in [1.807, 2.05) is 6.92 Å². The fourth-order valence-corrected chi connectivity index (χ4v) is 2.91. The molecule has 0 spiro atoms. The lowest BCUT2D eigenvalue weighted by atomic mass is 9.88. The molecule has 0 unspecified atom stereocenters. The summed E-state index contributed by atoms with van der Waals surface area (Å²) in [6.07, 6.45) is 7.72. The minimum Gasteiger partial charge on any atom is -0.465 e. The average molecular weight is 395 g/mol. The zero-order valence-electron chi connectivity index (χ0n) is 17.0. The van der Waals surface area contributed by atoms with E-state index >= 15 is 0 Å². The fraction of sp³-hybridized carbons (Fsp3) is 0.667. The van der Waals surface area contributed by atoms with Gasteiger partial charge in [-0.2, -0.15) is 0 Å². The van der Waals surface area contributed by atoms with Gasteiger partial charge in [-0.15, -0.1) is 0 Å². The summed E-state index contributed by atoms with van der Waals surface area (Å²) in [5, 5.41) is 0. The Kier molecular flexibility index (Phi) is 11.2. The molecule has 0 aromatic rings. The summed E-state index contributed by atoms with van der Waals surface area (Å²) in [7, 11) is 0. The fourth-order valence-electron chi connectivity index (χ4n) is 2.91. The van der Waals surface area contributed by atoms with Gasteiger partial charge in [-0.05, 0) is 32.4 Å². The first-order valence-corrected chi connectivity index (χ1v) is 9.91. The molecule has 1 heterocycles. The van der Waals surface area contributed by atoms with Crippen LogP contribution >= 0.6 is 0 Å². The molecule has 0 bridgehead atoms. The molecule has 1 saturated heterocycles. The van der Waals surface area contributed by atoms with Crippen molar-refractivity contribution in [3.63, 3.8) is 0 Å². The number of nitrogens with zero attached hydrogens (tertiary/aromatic N) is 1. The van der Waals surface area contributed by atoms with Crippen LogP contribution in [0.4, 0.5) is 0 Å². The van der Waals surface area contributed by atoms with Gasteiger partial charge in [0, 0.05) is 18.7 Å². The second kappa shape index (κ2) is 13.1. The maximum absolute atomic E-state index is 12.2. The quantitative estimate of drug-likeness (QED) is 0.285. The lowest BCUT2D eigenvalue weighted by Crippen LogP contribution is -2.39. The molecule has 0 aromatic carbocycles. The van der Waals surface area contributed by atoms with Gasteiger partial charge in [-0.1, -0.05) is 32.9 Å².